The topological polar surface area (TPSA) is 39.9 Å². The first-order valence-electron chi connectivity index (χ1n) is 10.0. The van der Waals surface area contributed by atoms with E-state index in [1.165, 1.54) is 5.56 Å². The van der Waals surface area contributed by atoms with Crippen LogP contribution in [-0.2, 0) is 13.1 Å². The zero-order valence-corrected chi connectivity index (χ0v) is 17.0. The molecule has 4 aromatic rings. The molecule has 0 bridgehead atoms. The third-order valence-electron chi connectivity index (χ3n) is 5.24. The van der Waals surface area contributed by atoms with Crippen molar-refractivity contribution in [3.63, 3.8) is 0 Å². The fraction of sp³-hybridized carbons (Fsp3) is 0.111. The predicted octanol–water partition coefficient (Wildman–Crippen LogP) is 6.14. The van der Waals surface area contributed by atoms with E-state index in [1.54, 1.807) is 6.20 Å². The maximum atomic E-state index is 9.70. The molecule has 0 amide bonds. The molecule has 4 rings (SSSR count). The number of hydrogen-bond donors (Lipinski definition) is 0. The third kappa shape index (κ3) is 4.39. The Morgan fingerprint density at radius 3 is 2.27 bits per heavy atom. The van der Waals surface area contributed by atoms with Gasteiger partial charge in [0, 0.05) is 36.7 Å². The van der Waals surface area contributed by atoms with Crippen LogP contribution < -0.4 is 4.90 Å². The fourth-order valence-electron chi connectivity index (χ4n) is 3.68. The number of aromatic nitrogens is 1. The summed E-state index contributed by atoms with van der Waals surface area (Å²) < 4.78 is 0. The van der Waals surface area contributed by atoms with Crippen LogP contribution >= 0.6 is 0 Å². The fourth-order valence-corrected chi connectivity index (χ4v) is 3.68. The summed E-state index contributed by atoms with van der Waals surface area (Å²) in [6.07, 6.45) is 3.70. The molecular formula is C27H23N3. The van der Waals surface area contributed by atoms with Crippen molar-refractivity contribution in [1.82, 2.24) is 4.98 Å². The molecule has 0 radical (unpaired) electrons. The zero-order chi connectivity index (χ0) is 20.8. The summed E-state index contributed by atoms with van der Waals surface area (Å²) in [5, 5.41) is 9.70. The van der Waals surface area contributed by atoms with Crippen molar-refractivity contribution in [1.29, 1.82) is 5.26 Å². The minimum absolute atomic E-state index is 0.689. The van der Waals surface area contributed by atoms with Crippen molar-refractivity contribution >= 4 is 5.69 Å². The summed E-state index contributed by atoms with van der Waals surface area (Å²) in [6, 6.07) is 31.2. The molecule has 0 aliphatic rings. The van der Waals surface area contributed by atoms with Gasteiger partial charge in [-0.25, -0.2) is 0 Å². The van der Waals surface area contributed by atoms with E-state index in [-0.39, 0.29) is 0 Å². The van der Waals surface area contributed by atoms with Gasteiger partial charge in [-0.2, -0.15) is 5.26 Å². The van der Waals surface area contributed by atoms with E-state index in [4.69, 9.17) is 0 Å². The van der Waals surface area contributed by atoms with E-state index in [0.717, 1.165) is 41.0 Å². The molecule has 30 heavy (non-hydrogen) atoms. The van der Waals surface area contributed by atoms with Gasteiger partial charge in [0.15, 0.2) is 0 Å². The number of benzene rings is 3. The minimum Gasteiger partial charge on any atom is -0.363 e. The van der Waals surface area contributed by atoms with Gasteiger partial charge in [-0.05, 0) is 53.4 Å². The van der Waals surface area contributed by atoms with Gasteiger partial charge in [0.1, 0.15) is 0 Å². The summed E-state index contributed by atoms with van der Waals surface area (Å²) in [4.78, 5) is 6.60. The van der Waals surface area contributed by atoms with Crippen molar-refractivity contribution < 1.29 is 0 Å². The monoisotopic (exact) mass is 389 g/mol. The smallest absolute Gasteiger partial charge is 0.0998 e. The lowest BCUT2D eigenvalue weighted by molar-refractivity contribution is 0.797. The summed E-state index contributed by atoms with van der Waals surface area (Å²) in [5.74, 6) is 0. The van der Waals surface area contributed by atoms with Crippen LogP contribution in [-0.4, -0.2) is 4.98 Å². The van der Waals surface area contributed by atoms with Crippen LogP contribution in [0.2, 0.25) is 0 Å². The highest BCUT2D eigenvalue weighted by Crippen LogP contribution is 2.31. The summed E-state index contributed by atoms with van der Waals surface area (Å²) in [5.41, 5.74) is 7.38. The Balaban J connectivity index is 1.77. The van der Waals surface area contributed by atoms with Crippen molar-refractivity contribution in [2.45, 2.75) is 20.0 Å². The Bertz CT molecular complexity index is 1120. The lowest BCUT2D eigenvalue weighted by Crippen LogP contribution is -2.22. The third-order valence-corrected chi connectivity index (χ3v) is 5.24. The first kappa shape index (κ1) is 19.4. The van der Waals surface area contributed by atoms with Crippen molar-refractivity contribution in [2.75, 3.05) is 4.90 Å². The highest BCUT2D eigenvalue weighted by atomic mass is 15.1. The molecule has 0 spiro atoms. The zero-order valence-electron chi connectivity index (χ0n) is 17.0. The lowest BCUT2D eigenvalue weighted by atomic mass is 9.95. The van der Waals surface area contributed by atoms with Gasteiger partial charge in [-0.1, -0.05) is 60.7 Å². The van der Waals surface area contributed by atoms with Gasteiger partial charge in [0.25, 0.3) is 0 Å². The van der Waals surface area contributed by atoms with E-state index in [9.17, 15) is 5.26 Å². The van der Waals surface area contributed by atoms with Crippen LogP contribution in [0.25, 0.3) is 11.1 Å². The van der Waals surface area contributed by atoms with Crippen LogP contribution in [0.3, 0.4) is 0 Å². The molecule has 0 saturated carbocycles. The molecule has 0 N–H and O–H groups in total. The van der Waals surface area contributed by atoms with Gasteiger partial charge in [-0.15, -0.1) is 0 Å². The molecule has 0 saturated heterocycles. The highest BCUT2D eigenvalue weighted by Gasteiger charge is 2.14. The predicted molar refractivity (Wildman–Crippen MR) is 122 cm³/mol. The van der Waals surface area contributed by atoms with Crippen LogP contribution in [0.4, 0.5) is 5.69 Å². The van der Waals surface area contributed by atoms with Gasteiger partial charge in [-0.3, -0.25) is 4.98 Å². The SMILES string of the molecule is Cc1ccccc1-c1cc(N(Cc2ccccc2)Cc2cccnc2)ccc1C#N. The average Bonchev–Trinajstić information content (AvgIpc) is 2.80. The maximum absolute atomic E-state index is 9.70. The normalized spacial score (nSPS) is 10.4. The molecule has 0 fully saturated rings. The summed E-state index contributed by atoms with van der Waals surface area (Å²) in [7, 11) is 0. The van der Waals surface area contributed by atoms with Crippen LogP contribution in [0.15, 0.2) is 97.3 Å². The number of aryl methyl sites for hydroxylation is 1. The van der Waals surface area contributed by atoms with E-state index < -0.39 is 0 Å². The van der Waals surface area contributed by atoms with Crippen molar-refractivity contribution in [3.05, 3.63) is 120 Å². The number of pyridine rings is 1. The Morgan fingerprint density at radius 1 is 0.800 bits per heavy atom. The Labute approximate surface area is 177 Å². The van der Waals surface area contributed by atoms with E-state index in [1.807, 2.05) is 42.6 Å². The molecule has 146 valence electrons. The summed E-state index contributed by atoms with van der Waals surface area (Å²) in [6.45, 7) is 3.59. The van der Waals surface area contributed by atoms with Crippen LogP contribution in [0, 0.1) is 18.3 Å². The highest BCUT2D eigenvalue weighted by molar-refractivity contribution is 5.76. The van der Waals surface area contributed by atoms with E-state index in [0.29, 0.717) is 5.56 Å². The van der Waals surface area contributed by atoms with Crippen LogP contribution in [0.1, 0.15) is 22.3 Å². The second-order valence-corrected chi connectivity index (χ2v) is 7.36. The molecule has 3 nitrogen and oxygen atoms in total. The maximum Gasteiger partial charge on any atom is 0.0998 e. The molecule has 0 unspecified atom stereocenters. The second-order valence-electron chi connectivity index (χ2n) is 7.36. The number of nitriles is 1. The molecule has 0 atom stereocenters. The van der Waals surface area contributed by atoms with Gasteiger partial charge in [0.2, 0.25) is 0 Å². The van der Waals surface area contributed by atoms with Crippen molar-refractivity contribution in [3.8, 4) is 17.2 Å². The van der Waals surface area contributed by atoms with E-state index >= 15 is 0 Å². The number of rotatable bonds is 6. The largest absolute Gasteiger partial charge is 0.363 e. The van der Waals surface area contributed by atoms with Gasteiger partial charge >= 0.3 is 0 Å². The molecule has 0 aliphatic carbocycles. The second kappa shape index (κ2) is 9.07. The number of hydrogen-bond acceptors (Lipinski definition) is 3. The Morgan fingerprint density at radius 2 is 1.53 bits per heavy atom. The standard InChI is InChI=1S/C27H23N3/c1-21-8-5-6-12-26(21)27-16-25(14-13-24(27)17-28)30(19-22-9-3-2-4-10-22)20-23-11-7-15-29-18-23/h2-16,18H,19-20H2,1H3. The molecule has 1 aromatic heterocycles. The van der Waals surface area contributed by atoms with E-state index in [2.05, 4.69) is 71.4 Å². The molecule has 0 aliphatic heterocycles. The molecule has 1 heterocycles. The van der Waals surface area contributed by atoms with Gasteiger partial charge < -0.3 is 4.90 Å². The molecule has 3 aromatic carbocycles. The molecular weight excluding hydrogens is 366 g/mol. The van der Waals surface area contributed by atoms with Gasteiger partial charge in [0.05, 0.1) is 11.6 Å². The average molecular weight is 390 g/mol. The number of anilines is 1. The first-order chi connectivity index (χ1) is 14.7. The Hall–Kier alpha value is -3.90. The quantitative estimate of drug-likeness (QED) is 0.398. The Kier molecular flexibility index (Phi) is 5.87. The van der Waals surface area contributed by atoms with Crippen LogP contribution in [0.5, 0.6) is 0 Å². The minimum atomic E-state index is 0.689. The summed E-state index contributed by atoms with van der Waals surface area (Å²) >= 11 is 0. The van der Waals surface area contributed by atoms with Crippen molar-refractivity contribution in [2.24, 2.45) is 0 Å². The number of nitrogens with zero attached hydrogens (tertiary/aromatic N) is 3. The molecule has 3 heteroatoms. The lowest BCUT2D eigenvalue weighted by Gasteiger charge is -2.26. The first-order valence-corrected chi connectivity index (χ1v) is 10.0.